The number of phosphoric acid groups is 2. The molecule has 0 aliphatic rings. The lowest BCUT2D eigenvalue weighted by molar-refractivity contribution is -0.161. The standard InChI is InChI=1S/C37H68O14P2/c1-4-6-7-8-9-14-19-24-33(38)25-20-15-12-17-22-27-37(41)51-35(31-50-53(45,46)49-29-34(39)28-48-52(42,43)44)30-47-36(40)26-21-16-11-10-13-18-23-32(3)5-2/h6-7,9,14,19,24,32-35,38-39H,4-5,8,10-13,15-18,20-23,25-31H2,1-3H3,(H,45,46)(H2,42,43,44)/b7-6+,14-9+,24-19+/t32?,33?,34-,35+/m0/s1. The number of unbranched alkanes of at least 4 members (excludes halogenated alkanes) is 9. The molecule has 3 unspecified atom stereocenters. The second-order valence-corrected chi connectivity index (χ2v) is 16.0. The van der Waals surface area contributed by atoms with Gasteiger partial charge in [-0.2, -0.15) is 0 Å². The monoisotopic (exact) mass is 798 g/mol. The Morgan fingerprint density at radius 1 is 0.660 bits per heavy atom. The molecule has 0 aromatic rings. The van der Waals surface area contributed by atoms with Gasteiger partial charge in [0.15, 0.2) is 6.10 Å². The Kier molecular flexibility index (Phi) is 31.5. The topological polar surface area (TPSA) is 216 Å². The van der Waals surface area contributed by atoms with Gasteiger partial charge in [-0.1, -0.05) is 128 Å². The lowest BCUT2D eigenvalue weighted by atomic mass is 10.00. The predicted molar refractivity (Wildman–Crippen MR) is 204 cm³/mol. The Hall–Kier alpha value is -1.70. The molecule has 14 nitrogen and oxygen atoms in total. The van der Waals surface area contributed by atoms with Crippen molar-refractivity contribution >= 4 is 27.6 Å². The van der Waals surface area contributed by atoms with Crippen molar-refractivity contribution in [1.82, 2.24) is 0 Å². The highest BCUT2D eigenvalue weighted by Gasteiger charge is 2.28. The number of aliphatic hydroxyl groups is 2. The van der Waals surface area contributed by atoms with Gasteiger partial charge in [-0.25, -0.2) is 9.13 Å². The summed E-state index contributed by atoms with van der Waals surface area (Å²) in [6.45, 7) is 3.74. The van der Waals surface area contributed by atoms with Crippen LogP contribution in [-0.2, 0) is 41.8 Å². The van der Waals surface area contributed by atoms with E-state index >= 15 is 0 Å². The first-order valence-corrected chi connectivity index (χ1v) is 22.2. The molecule has 0 fully saturated rings. The third kappa shape index (κ3) is 35.7. The van der Waals surface area contributed by atoms with Gasteiger partial charge in [-0.05, 0) is 38.0 Å². The zero-order valence-corrected chi connectivity index (χ0v) is 33.9. The maximum atomic E-state index is 12.6. The summed E-state index contributed by atoms with van der Waals surface area (Å²) in [7, 11) is -9.69. The number of carbonyl (C=O) groups excluding carboxylic acids is 2. The van der Waals surface area contributed by atoms with Crippen LogP contribution in [0.25, 0.3) is 0 Å². The minimum atomic E-state index is -4.87. The fourth-order valence-corrected chi connectivity index (χ4v) is 6.01. The number of aliphatic hydroxyl groups excluding tert-OH is 2. The second-order valence-electron chi connectivity index (χ2n) is 13.3. The van der Waals surface area contributed by atoms with E-state index in [2.05, 4.69) is 42.0 Å². The first kappa shape index (κ1) is 51.3. The lowest BCUT2D eigenvalue weighted by Gasteiger charge is -2.20. The van der Waals surface area contributed by atoms with E-state index in [1.165, 1.54) is 25.7 Å². The average molecular weight is 799 g/mol. The minimum absolute atomic E-state index is 0.0615. The zero-order chi connectivity index (χ0) is 39.8. The molecule has 0 aromatic carbocycles. The summed E-state index contributed by atoms with van der Waals surface area (Å²) in [5.41, 5.74) is 0. The third-order valence-electron chi connectivity index (χ3n) is 8.18. The van der Waals surface area contributed by atoms with Gasteiger partial charge in [0.05, 0.1) is 25.9 Å². The minimum Gasteiger partial charge on any atom is -0.462 e. The van der Waals surface area contributed by atoms with Gasteiger partial charge in [-0.15, -0.1) is 0 Å². The van der Waals surface area contributed by atoms with Crippen molar-refractivity contribution in [3.8, 4) is 0 Å². The van der Waals surface area contributed by atoms with Crippen molar-refractivity contribution in [2.75, 3.05) is 26.4 Å². The fourth-order valence-electron chi connectivity index (χ4n) is 4.86. The Balaban J connectivity index is 4.69. The van der Waals surface area contributed by atoms with E-state index in [0.717, 1.165) is 63.7 Å². The molecule has 0 saturated carbocycles. The van der Waals surface area contributed by atoms with Crippen molar-refractivity contribution in [3.63, 3.8) is 0 Å². The molecule has 0 radical (unpaired) electrons. The Labute approximate surface area is 317 Å². The maximum Gasteiger partial charge on any atom is 0.472 e. The number of allylic oxidation sites excluding steroid dienone is 5. The number of ether oxygens (including phenoxy) is 2. The van der Waals surface area contributed by atoms with Gasteiger partial charge in [0.2, 0.25) is 0 Å². The number of hydrogen-bond donors (Lipinski definition) is 5. The summed E-state index contributed by atoms with van der Waals surface area (Å²) in [6.07, 6.45) is 23.4. The van der Waals surface area contributed by atoms with Gasteiger partial charge >= 0.3 is 27.6 Å². The van der Waals surface area contributed by atoms with Gasteiger partial charge in [0.1, 0.15) is 12.7 Å². The molecule has 310 valence electrons. The number of rotatable bonds is 35. The van der Waals surface area contributed by atoms with E-state index in [9.17, 15) is 33.8 Å². The van der Waals surface area contributed by atoms with E-state index in [4.69, 9.17) is 23.8 Å². The van der Waals surface area contributed by atoms with Crippen molar-refractivity contribution in [2.24, 2.45) is 5.92 Å². The molecule has 0 amide bonds. The van der Waals surface area contributed by atoms with E-state index in [1.807, 2.05) is 18.2 Å². The average Bonchev–Trinajstić information content (AvgIpc) is 3.10. The number of esters is 2. The van der Waals surface area contributed by atoms with Crippen LogP contribution in [0.15, 0.2) is 36.5 Å². The SMILES string of the molecule is CC/C=C/C/C=C/C=C/C(O)CCCCCCCC(=O)O[C@H](COC(=O)CCCCCCCCC(C)CC)COP(=O)(O)OC[C@@H](O)COP(=O)(O)O. The second kappa shape index (κ2) is 32.5. The largest absolute Gasteiger partial charge is 0.472 e. The lowest BCUT2D eigenvalue weighted by Crippen LogP contribution is -2.30. The molecule has 53 heavy (non-hydrogen) atoms. The molecule has 0 heterocycles. The maximum absolute atomic E-state index is 12.6. The van der Waals surface area contributed by atoms with E-state index < -0.39 is 72.3 Å². The highest BCUT2D eigenvalue weighted by atomic mass is 31.2. The van der Waals surface area contributed by atoms with E-state index in [0.29, 0.717) is 19.3 Å². The summed E-state index contributed by atoms with van der Waals surface area (Å²) >= 11 is 0. The van der Waals surface area contributed by atoms with Crippen LogP contribution in [0.3, 0.4) is 0 Å². The van der Waals surface area contributed by atoms with Crippen LogP contribution in [0.4, 0.5) is 0 Å². The summed E-state index contributed by atoms with van der Waals surface area (Å²) < 4.78 is 47.5. The summed E-state index contributed by atoms with van der Waals surface area (Å²) in [6, 6.07) is 0. The molecular formula is C37H68O14P2. The summed E-state index contributed by atoms with van der Waals surface area (Å²) in [4.78, 5) is 52.4. The molecule has 0 bridgehead atoms. The van der Waals surface area contributed by atoms with Gasteiger partial charge in [0.25, 0.3) is 0 Å². The van der Waals surface area contributed by atoms with Crippen LogP contribution in [0.5, 0.6) is 0 Å². The Morgan fingerprint density at radius 2 is 1.23 bits per heavy atom. The van der Waals surface area contributed by atoms with Crippen LogP contribution in [0.2, 0.25) is 0 Å². The zero-order valence-electron chi connectivity index (χ0n) is 32.1. The molecule has 0 spiro atoms. The normalized spacial score (nSPS) is 15.8. The van der Waals surface area contributed by atoms with Crippen LogP contribution in [0.1, 0.15) is 136 Å². The Bertz CT molecular complexity index is 1120. The molecule has 5 N–H and O–H groups in total. The van der Waals surface area contributed by atoms with Crippen LogP contribution >= 0.6 is 15.6 Å². The molecule has 5 atom stereocenters. The number of carbonyl (C=O) groups is 2. The molecule has 0 aromatic heterocycles. The molecule has 16 heteroatoms. The molecule has 0 rings (SSSR count). The smallest absolute Gasteiger partial charge is 0.462 e. The Morgan fingerprint density at radius 3 is 1.85 bits per heavy atom. The number of hydrogen-bond acceptors (Lipinski definition) is 11. The van der Waals surface area contributed by atoms with Gasteiger partial charge in [0, 0.05) is 12.8 Å². The van der Waals surface area contributed by atoms with Crippen molar-refractivity contribution in [1.29, 1.82) is 0 Å². The van der Waals surface area contributed by atoms with Crippen LogP contribution < -0.4 is 0 Å². The quantitative estimate of drug-likeness (QED) is 0.0136. The molecule has 0 aliphatic heterocycles. The summed E-state index contributed by atoms with van der Waals surface area (Å²) in [5.74, 6) is -0.372. The van der Waals surface area contributed by atoms with Crippen molar-refractivity contribution < 1.29 is 66.7 Å². The highest BCUT2D eigenvalue weighted by molar-refractivity contribution is 7.47. The fraction of sp³-hybridized carbons (Fsp3) is 0.784. The van der Waals surface area contributed by atoms with Crippen LogP contribution in [-0.4, -0.2) is 81.6 Å². The van der Waals surface area contributed by atoms with Crippen LogP contribution in [0, 0.1) is 5.92 Å². The van der Waals surface area contributed by atoms with Crippen molar-refractivity contribution in [2.45, 2.75) is 155 Å². The molecular weight excluding hydrogens is 730 g/mol. The third-order valence-corrected chi connectivity index (χ3v) is 9.61. The highest BCUT2D eigenvalue weighted by Crippen LogP contribution is 2.43. The first-order chi connectivity index (χ1) is 25.2. The van der Waals surface area contributed by atoms with E-state index in [1.54, 1.807) is 6.08 Å². The summed E-state index contributed by atoms with van der Waals surface area (Å²) in [5, 5.41) is 19.8. The van der Waals surface area contributed by atoms with E-state index in [-0.39, 0.29) is 12.8 Å². The predicted octanol–water partition coefficient (Wildman–Crippen LogP) is 7.77. The van der Waals surface area contributed by atoms with Gasteiger partial charge in [-0.3, -0.25) is 23.2 Å². The molecule has 0 aliphatic carbocycles. The van der Waals surface area contributed by atoms with Gasteiger partial charge < -0.3 is 34.4 Å². The number of phosphoric ester groups is 2. The molecule has 0 saturated heterocycles. The van der Waals surface area contributed by atoms with Crippen molar-refractivity contribution in [3.05, 3.63) is 36.5 Å². The first-order valence-electron chi connectivity index (χ1n) is 19.2.